The second-order valence-corrected chi connectivity index (χ2v) is 5.69. The Morgan fingerprint density at radius 1 is 1.00 bits per heavy atom. The number of benzene rings is 1. The lowest BCUT2D eigenvalue weighted by Gasteiger charge is -2.27. The normalized spacial score (nSPS) is 11.9. The van der Waals surface area contributed by atoms with Crippen LogP contribution in [0.1, 0.15) is 47.6 Å². The summed E-state index contributed by atoms with van der Waals surface area (Å²) in [6, 6.07) is 0. The van der Waals surface area contributed by atoms with E-state index in [2.05, 4.69) is 9.68 Å². The minimum atomic E-state index is -0.842. The van der Waals surface area contributed by atoms with E-state index in [1.807, 2.05) is 41.5 Å². The average Bonchev–Trinajstić information content (AvgIpc) is 2.81. The molecule has 1 aromatic carbocycles. The van der Waals surface area contributed by atoms with Gasteiger partial charge in [-0.3, -0.25) is 4.52 Å². The zero-order valence-corrected chi connectivity index (χ0v) is 12.6. The molecule has 0 radical (unpaired) electrons. The Balaban J connectivity index is 2.78. The van der Waals surface area contributed by atoms with Crippen molar-refractivity contribution >= 4 is 0 Å². The van der Waals surface area contributed by atoms with Crippen LogP contribution in [0.25, 0.3) is 0 Å². The highest BCUT2D eigenvalue weighted by atomic mass is 16.6. The predicted molar refractivity (Wildman–Crippen MR) is 74.2 cm³/mol. The maximum atomic E-state index is 11.1. The van der Waals surface area contributed by atoms with Gasteiger partial charge in [0.25, 0.3) is 0 Å². The number of hydrogen-bond acceptors (Lipinski definition) is 5. The third-order valence-corrected chi connectivity index (χ3v) is 4.20. The van der Waals surface area contributed by atoms with Crippen molar-refractivity contribution in [3.63, 3.8) is 0 Å². The third-order valence-electron chi connectivity index (χ3n) is 4.20. The van der Waals surface area contributed by atoms with Crippen LogP contribution in [0, 0.1) is 27.7 Å². The highest BCUT2D eigenvalue weighted by Gasteiger charge is 2.35. The van der Waals surface area contributed by atoms with Crippen molar-refractivity contribution in [1.29, 1.82) is 0 Å². The number of nitrogens with zero attached hydrogens (tertiary/aromatic N) is 1. The number of rotatable bonds is 2. The van der Waals surface area contributed by atoms with Crippen LogP contribution >= 0.6 is 0 Å². The molecule has 0 atom stereocenters. The van der Waals surface area contributed by atoms with Crippen LogP contribution in [0.4, 0.5) is 0 Å². The van der Waals surface area contributed by atoms with E-state index < -0.39 is 11.2 Å². The molecule has 0 aliphatic heterocycles. The summed E-state index contributed by atoms with van der Waals surface area (Å²) >= 11 is 0. The molecular formula is C15H19NO4. The van der Waals surface area contributed by atoms with E-state index in [0.29, 0.717) is 5.56 Å². The van der Waals surface area contributed by atoms with Gasteiger partial charge in [-0.15, -0.1) is 0 Å². The summed E-state index contributed by atoms with van der Waals surface area (Å²) in [7, 11) is 0. The lowest BCUT2D eigenvalue weighted by molar-refractivity contribution is 0.331. The van der Waals surface area contributed by atoms with Gasteiger partial charge in [-0.25, -0.2) is 4.79 Å². The van der Waals surface area contributed by atoms with E-state index in [1.54, 1.807) is 0 Å². The minimum absolute atomic E-state index is 0.156. The zero-order chi connectivity index (χ0) is 15.2. The quantitative estimate of drug-likeness (QED) is 0.913. The number of hydrogen-bond donors (Lipinski definition) is 1. The number of aromatic nitrogens is 1. The van der Waals surface area contributed by atoms with Crippen LogP contribution in [-0.4, -0.2) is 10.3 Å². The number of phenolic OH excluding ortho intramolecular Hbond substituents is 1. The summed E-state index contributed by atoms with van der Waals surface area (Å²) in [6.45, 7) is 11.5. The van der Waals surface area contributed by atoms with Crippen LogP contribution in [0.15, 0.2) is 13.7 Å². The van der Waals surface area contributed by atoms with E-state index in [1.165, 1.54) is 0 Å². The van der Waals surface area contributed by atoms with Gasteiger partial charge in [0.15, 0.2) is 0 Å². The second-order valence-electron chi connectivity index (χ2n) is 5.69. The maximum absolute atomic E-state index is 11.1. The molecule has 0 amide bonds. The first-order valence-electron chi connectivity index (χ1n) is 6.45. The molecule has 0 unspecified atom stereocenters. The van der Waals surface area contributed by atoms with Crippen molar-refractivity contribution in [3.05, 3.63) is 44.3 Å². The van der Waals surface area contributed by atoms with Gasteiger partial charge in [0.2, 0.25) is 5.89 Å². The molecule has 0 fully saturated rings. The Morgan fingerprint density at radius 2 is 1.55 bits per heavy atom. The summed E-state index contributed by atoms with van der Waals surface area (Å²) in [4.78, 5) is 11.1. The molecular weight excluding hydrogens is 258 g/mol. The number of aromatic hydroxyl groups is 1. The van der Waals surface area contributed by atoms with Gasteiger partial charge < -0.3 is 9.52 Å². The second kappa shape index (κ2) is 4.51. The van der Waals surface area contributed by atoms with Crippen molar-refractivity contribution in [2.75, 3.05) is 0 Å². The Kier molecular flexibility index (Phi) is 3.24. The summed E-state index contributed by atoms with van der Waals surface area (Å²) in [5, 5.41) is 14.2. The smallest absolute Gasteiger partial charge is 0.507 e. The molecule has 5 heteroatoms. The van der Waals surface area contributed by atoms with Gasteiger partial charge in [0.05, 0.1) is 5.41 Å². The Bertz CT molecular complexity index is 693. The fourth-order valence-corrected chi connectivity index (χ4v) is 2.60. The average molecular weight is 277 g/mol. The molecule has 1 aromatic heterocycles. The van der Waals surface area contributed by atoms with Crippen molar-refractivity contribution in [3.8, 4) is 5.75 Å². The fraction of sp³-hybridized carbons (Fsp3) is 0.467. The maximum Gasteiger partial charge on any atom is 0.542 e. The molecule has 108 valence electrons. The lowest BCUT2D eigenvalue weighted by atomic mass is 9.78. The van der Waals surface area contributed by atoms with Gasteiger partial charge in [-0.1, -0.05) is 0 Å². The minimum Gasteiger partial charge on any atom is -0.507 e. The first-order valence-corrected chi connectivity index (χ1v) is 6.45. The molecule has 1 heterocycles. The SMILES string of the molecule is Cc1c(C)c(C)c(C(C)(C)c2noc(=O)o2)c(O)c1C. The molecule has 0 spiro atoms. The molecule has 5 nitrogen and oxygen atoms in total. The van der Waals surface area contributed by atoms with Gasteiger partial charge >= 0.3 is 5.82 Å². The Labute approximate surface area is 117 Å². The van der Waals surface area contributed by atoms with Gasteiger partial charge in [-0.2, -0.15) is 0 Å². The van der Waals surface area contributed by atoms with Crippen LogP contribution in [0.3, 0.4) is 0 Å². The summed E-state index contributed by atoms with van der Waals surface area (Å²) in [5.41, 5.74) is 3.89. The Hall–Kier alpha value is -2.04. The van der Waals surface area contributed by atoms with Crippen molar-refractivity contribution < 1.29 is 14.0 Å². The predicted octanol–water partition coefficient (Wildman–Crippen LogP) is 2.89. The largest absolute Gasteiger partial charge is 0.542 e. The van der Waals surface area contributed by atoms with Crippen LogP contribution < -0.4 is 5.82 Å². The van der Waals surface area contributed by atoms with Crippen LogP contribution in [0.5, 0.6) is 5.75 Å². The molecule has 0 saturated heterocycles. The summed E-state index contributed by atoms with van der Waals surface area (Å²) in [5.74, 6) is -0.476. The standard InChI is InChI=1S/C15H19NO4/c1-7-8(2)10(4)12(17)11(9(7)3)15(5,6)13-16-20-14(18)19-13/h17H,1-6H3. The summed E-state index contributed by atoms with van der Waals surface area (Å²) < 4.78 is 9.46. The first kappa shape index (κ1) is 14.4. The molecule has 0 aliphatic rings. The van der Waals surface area contributed by atoms with E-state index in [-0.39, 0.29) is 11.6 Å². The van der Waals surface area contributed by atoms with Crippen LogP contribution in [-0.2, 0) is 5.41 Å². The molecule has 0 bridgehead atoms. The molecule has 20 heavy (non-hydrogen) atoms. The zero-order valence-electron chi connectivity index (χ0n) is 12.6. The van der Waals surface area contributed by atoms with E-state index in [4.69, 9.17) is 4.42 Å². The Morgan fingerprint density at radius 3 is 2.05 bits per heavy atom. The molecule has 0 aliphatic carbocycles. The summed E-state index contributed by atoms with van der Waals surface area (Å²) in [6.07, 6.45) is 0. The van der Waals surface area contributed by atoms with Crippen LogP contribution in [0.2, 0.25) is 0 Å². The van der Waals surface area contributed by atoms with E-state index in [0.717, 1.165) is 22.3 Å². The fourth-order valence-electron chi connectivity index (χ4n) is 2.60. The van der Waals surface area contributed by atoms with Crippen molar-refractivity contribution in [2.45, 2.75) is 47.0 Å². The monoisotopic (exact) mass is 277 g/mol. The molecule has 1 N–H and O–H groups in total. The number of phenols is 1. The molecule has 2 rings (SSSR count). The highest BCUT2D eigenvalue weighted by molar-refractivity contribution is 5.57. The van der Waals surface area contributed by atoms with Gasteiger partial charge in [0.1, 0.15) is 5.75 Å². The highest BCUT2D eigenvalue weighted by Crippen LogP contribution is 2.42. The van der Waals surface area contributed by atoms with E-state index in [9.17, 15) is 9.90 Å². The van der Waals surface area contributed by atoms with Gasteiger partial charge in [-0.05, 0) is 69.0 Å². The van der Waals surface area contributed by atoms with Crippen molar-refractivity contribution in [2.24, 2.45) is 0 Å². The van der Waals surface area contributed by atoms with Gasteiger partial charge in [0, 0.05) is 5.56 Å². The topological polar surface area (TPSA) is 76.5 Å². The molecule has 0 saturated carbocycles. The lowest BCUT2D eigenvalue weighted by Crippen LogP contribution is -2.22. The third kappa shape index (κ3) is 1.94. The molecule has 2 aromatic rings. The van der Waals surface area contributed by atoms with Crippen molar-refractivity contribution in [1.82, 2.24) is 5.16 Å². The van der Waals surface area contributed by atoms with E-state index >= 15 is 0 Å². The first-order chi connectivity index (χ1) is 9.17.